The number of aromatic nitrogens is 2. The number of anilines is 1. The molecule has 0 aromatic carbocycles. The van der Waals surface area contributed by atoms with E-state index in [1.165, 1.54) is 18.3 Å². The summed E-state index contributed by atoms with van der Waals surface area (Å²) in [4.78, 5) is 25.7. The van der Waals surface area contributed by atoms with Gasteiger partial charge in [0, 0.05) is 12.7 Å². The Labute approximate surface area is 191 Å². The molecular weight excluding hydrogens is 455 g/mol. The quantitative estimate of drug-likeness (QED) is 0.699. The molecule has 0 unspecified atom stereocenters. The number of fused-ring (bicyclic) bond motifs is 1. The fourth-order valence-corrected chi connectivity index (χ4v) is 7.66. The van der Waals surface area contributed by atoms with Crippen LogP contribution in [0.4, 0.5) is 10.2 Å². The Kier molecular flexibility index (Phi) is 5.28. The van der Waals surface area contributed by atoms with Crippen molar-refractivity contribution in [3.8, 4) is 0 Å². The summed E-state index contributed by atoms with van der Waals surface area (Å²) >= 11 is 5.91. The lowest BCUT2D eigenvalue weighted by Crippen LogP contribution is -2.58. The first-order chi connectivity index (χ1) is 14.9. The highest BCUT2D eigenvalue weighted by molar-refractivity contribution is 7.96. The molecule has 3 N–H and O–H groups in total. The number of hydrogen-bond acceptors (Lipinski definition) is 7. The second-order valence-electron chi connectivity index (χ2n) is 8.65. The minimum absolute atomic E-state index is 0.0376. The first-order valence-corrected chi connectivity index (χ1v) is 12.0. The highest BCUT2D eigenvalue weighted by Gasteiger charge is 2.57. The van der Waals surface area contributed by atoms with E-state index in [1.54, 1.807) is 33.8 Å². The molecular formula is C21H24ClFN6O2S. The van der Waals surface area contributed by atoms with Crippen LogP contribution in [-0.4, -0.2) is 42.5 Å². The SMILES string of the molecule is Cc1cc(Cl)cnc1C(=O)Nc1ccc(F)c([C@@]2(C)N=C(N)C(C)(C)[S@@]3(=O)=NCC[C@@H]23)n1. The topological polar surface area (TPSA) is 123 Å². The summed E-state index contributed by atoms with van der Waals surface area (Å²) in [6, 6.07) is 4.17. The van der Waals surface area contributed by atoms with E-state index in [4.69, 9.17) is 17.3 Å². The fourth-order valence-electron chi connectivity index (χ4n) is 4.30. The monoisotopic (exact) mass is 478 g/mol. The smallest absolute Gasteiger partial charge is 0.275 e. The number of amides is 1. The van der Waals surface area contributed by atoms with Crippen molar-refractivity contribution in [2.75, 3.05) is 11.9 Å². The lowest BCUT2D eigenvalue weighted by molar-refractivity contribution is 0.102. The predicted octanol–water partition coefficient (Wildman–Crippen LogP) is 3.43. The van der Waals surface area contributed by atoms with Crippen molar-refractivity contribution >= 4 is 38.9 Å². The summed E-state index contributed by atoms with van der Waals surface area (Å²) in [6.07, 6.45) is 1.84. The highest BCUT2D eigenvalue weighted by atomic mass is 35.5. The number of aryl methyl sites for hydroxylation is 1. The van der Waals surface area contributed by atoms with Gasteiger partial charge >= 0.3 is 0 Å². The number of rotatable bonds is 3. The molecule has 0 fully saturated rings. The molecule has 4 heterocycles. The number of carbonyl (C=O) groups is 1. The van der Waals surface area contributed by atoms with Gasteiger partial charge in [-0.25, -0.2) is 22.9 Å². The maximum absolute atomic E-state index is 15.0. The van der Waals surface area contributed by atoms with Crippen LogP contribution in [0.1, 0.15) is 48.9 Å². The van der Waals surface area contributed by atoms with Gasteiger partial charge < -0.3 is 11.1 Å². The summed E-state index contributed by atoms with van der Waals surface area (Å²) in [5.74, 6) is -0.884. The zero-order chi connectivity index (χ0) is 23.5. The maximum Gasteiger partial charge on any atom is 0.275 e. The van der Waals surface area contributed by atoms with Crippen LogP contribution in [0.5, 0.6) is 0 Å². The fraction of sp³-hybridized carbons (Fsp3) is 0.429. The van der Waals surface area contributed by atoms with Gasteiger partial charge in [0.05, 0.1) is 20.0 Å². The molecule has 3 atom stereocenters. The van der Waals surface area contributed by atoms with Gasteiger partial charge in [-0.1, -0.05) is 11.6 Å². The molecule has 32 heavy (non-hydrogen) atoms. The van der Waals surface area contributed by atoms with Crippen LogP contribution < -0.4 is 11.1 Å². The van der Waals surface area contributed by atoms with Gasteiger partial charge in [-0.05, 0) is 57.9 Å². The van der Waals surface area contributed by atoms with Gasteiger partial charge in [0.2, 0.25) is 0 Å². The molecule has 0 bridgehead atoms. The van der Waals surface area contributed by atoms with Crippen LogP contribution in [0.25, 0.3) is 0 Å². The van der Waals surface area contributed by atoms with Gasteiger partial charge in [0.25, 0.3) is 5.91 Å². The number of hydrogen-bond donors (Lipinski definition) is 2. The number of pyridine rings is 2. The number of nitrogens with two attached hydrogens (primary N) is 1. The molecule has 0 saturated carbocycles. The summed E-state index contributed by atoms with van der Waals surface area (Å²) < 4.78 is 32.4. The summed E-state index contributed by atoms with van der Waals surface area (Å²) in [7, 11) is -2.83. The summed E-state index contributed by atoms with van der Waals surface area (Å²) in [6.45, 7) is 7.25. The molecule has 2 aromatic heterocycles. The second-order valence-corrected chi connectivity index (χ2v) is 12.1. The number of halogens is 2. The van der Waals surface area contributed by atoms with Crippen molar-refractivity contribution in [3.63, 3.8) is 0 Å². The molecule has 0 saturated heterocycles. The van der Waals surface area contributed by atoms with Gasteiger partial charge in [0.1, 0.15) is 39.1 Å². The van der Waals surface area contributed by atoms with Gasteiger partial charge in [-0.3, -0.25) is 9.79 Å². The van der Waals surface area contributed by atoms with E-state index in [0.29, 0.717) is 23.6 Å². The zero-order valence-corrected chi connectivity index (χ0v) is 19.7. The molecule has 8 nitrogen and oxygen atoms in total. The van der Waals surface area contributed by atoms with Crippen LogP contribution in [0, 0.1) is 12.7 Å². The lowest BCUT2D eigenvalue weighted by Gasteiger charge is -2.44. The lowest BCUT2D eigenvalue weighted by atomic mass is 9.89. The van der Waals surface area contributed by atoms with Crippen molar-refractivity contribution in [2.24, 2.45) is 15.1 Å². The summed E-state index contributed by atoms with van der Waals surface area (Å²) in [5, 5.41) is 2.49. The standard InChI is InChI=1S/C21H24ClFN6O2S/c1-11-9-12(22)10-25-16(11)18(30)28-15-6-5-13(23)17(27-15)21(4)14-7-8-26-32(14,31)20(2,3)19(24)29-21/h5-6,9-10,14H,7-8H2,1-4H3,(H2,24,29)(H,27,28,30)/t14-,21-,32+/m0/s1. The Bertz CT molecular complexity index is 1290. The van der Waals surface area contributed by atoms with Crippen molar-refractivity contribution < 1.29 is 13.4 Å². The van der Waals surface area contributed by atoms with Crippen molar-refractivity contribution in [1.82, 2.24) is 9.97 Å². The third-order valence-corrected chi connectivity index (χ3v) is 10.1. The van der Waals surface area contributed by atoms with E-state index < -0.39 is 37.0 Å². The highest BCUT2D eigenvalue weighted by Crippen LogP contribution is 2.47. The molecule has 170 valence electrons. The van der Waals surface area contributed by atoms with Crippen LogP contribution in [-0.2, 0) is 15.3 Å². The maximum atomic E-state index is 15.0. The average Bonchev–Trinajstić information content (AvgIpc) is 3.13. The van der Waals surface area contributed by atoms with Crippen molar-refractivity contribution in [2.45, 2.75) is 49.7 Å². The molecule has 1 amide bonds. The third-order valence-electron chi connectivity index (χ3n) is 6.21. The van der Waals surface area contributed by atoms with Crippen molar-refractivity contribution in [3.05, 3.63) is 52.2 Å². The Hall–Kier alpha value is -2.59. The summed E-state index contributed by atoms with van der Waals surface area (Å²) in [5.41, 5.74) is 5.64. The minimum Gasteiger partial charge on any atom is -0.386 e. The van der Waals surface area contributed by atoms with E-state index in [0.717, 1.165) is 0 Å². The first-order valence-electron chi connectivity index (χ1n) is 10.1. The molecule has 0 spiro atoms. The van der Waals surface area contributed by atoms with E-state index in [-0.39, 0.29) is 23.0 Å². The Balaban J connectivity index is 1.76. The molecule has 0 aliphatic carbocycles. The third kappa shape index (κ3) is 3.27. The largest absolute Gasteiger partial charge is 0.386 e. The molecule has 2 aliphatic heterocycles. The predicted molar refractivity (Wildman–Crippen MR) is 123 cm³/mol. The van der Waals surface area contributed by atoms with E-state index >= 15 is 4.39 Å². The normalized spacial score (nSPS) is 28.4. The van der Waals surface area contributed by atoms with E-state index in [9.17, 15) is 9.00 Å². The number of aliphatic imine (C=N–C) groups is 1. The van der Waals surface area contributed by atoms with Gasteiger partial charge in [-0.15, -0.1) is 0 Å². The number of amidine groups is 1. The van der Waals surface area contributed by atoms with E-state index in [1.807, 2.05) is 0 Å². The van der Waals surface area contributed by atoms with Crippen LogP contribution >= 0.6 is 11.6 Å². The van der Waals surface area contributed by atoms with Crippen LogP contribution in [0.15, 0.2) is 33.8 Å². The van der Waals surface area contributed by atoms with E-state index in [2.05, 4.69) is 24.6 Å². The van der Waals surface area contributed by atoms with Gasteiger partial charge in [0.15, 0.2) is 0 Å². The molecule has 11 heteroatoms. The zero-order valence-electron chi connectivity index (χ0n) is 18.1. The van der Waals surface area contributed by atoms with Crippen molar-refractivity contribution in [1.29, 1.82) is 0 Å². The van der Waals surface area contributed by atoms with Gasteiger partial charge in [-0.2, -0.15) is 0 Å². The average molecular weight is 479 g/mol. The Morgan fingerprint density at radius 3 is 2.75 bits per heavy atom. The van der Waals surface area contributed by atoms with Crippen LogP contribution in [0.3, 0.4) is 0 Å². The molecule has 2 aliphatic rings. The second kappa shape index (κ2) is 7.48. The Morgan fingerprint density at radius 1 is 1.34 bits per heavy atom. The van der Waals surface area contributed by atoms with Crippen LogP contribution in [0.2, 0.25) is 5.02 Å². The minimum atomic E-state index is -2.83. The first kappa shape index (κ1) is 22.6. The Morgan fingerprint density at radius 2 is 2.06 bits per heavy atom. The number of nitrogens with zero attached hydrogens (tertiary/aromatic N) is 4. The molecule has 0 radical (unpaired) electrons. The molecule has 4 rings (SSSR count). The number of carbonyl (C=O) groups excluding carboxylic acids is 1. The molecule has 2 aromatic rings. The number of nitrogens with one attached hydrogen (secondary N) is 1.